The van der Waals surface area contributed by atoms with Gasteiger partial charge >= 0.3 is 0 Å². The summed E-state index contributed by atoms with van der Waals surface area (Å²) in [6.07, 6.45) is 1.10. The zero-order valence-corrected chi connectivity index (χ0v) is 8.93. The molecule has 0 N–H and O–H groups in total. The molecule has 0 saturated heterocycles. The normalized spacial score (nSPS) is 9.69. The lowest BCUT2D eigenvalue weighted by atomic mass is 10.2. The van der Waals surface area contributed by atoms with Crippen molar-refractivity contribution in [2.75, 3.05) is 12.9 Å². The second kappa shape index (κ2) is 5.81. The van der Waals surface area contributed by atoms with Crippen molar-refractivity contribution in [1.82, 2.24) is 0 Å². The third-order valence-electron chi connectivity index (χ3n) is 1.81. The maximum atomic E-state index is 5.15. The Morgan fingerprint density at radius 2 is 2.31 bits per heavy atom. The van der Waals surface area contributed by atoms with Crippen molar-refractivity contribution in [3.63, 3.8) is 0 Å². The van der Waals surface area contributed by atoms with Gasteiger partial charge in [0.15, 0.2) is 0 Å². The topological polar surface area (TPSA) is 9.23 Å². The molecule has 1 nitrogen and oxygen atoms in total. The van der Waals surface area contributed by atoms with E-state index < -0.39 is 0 Å². The number of methoxy groups -OCH3 is 1. The van der Waals surface area contributed by atoms with Crippen molar-refractivity contribution >= 4 is 11.8 Å². The highest BCUT2D eigenvalue weighted by molar-refractivity contribution is 8.01. The Hall–Kier alpha value is -0.760. The molecule has 0 aromatic heterocycles. The summed E-state index contributed by atoms with van der Waals surface area (Å²) in [6.45, 7) is 2.07. The van der Waals surface area contributed by atoms with E-state index in [9.17, 15) is 0 Å². The molecule has 0 bridgehead atoms. The summed E-state index contributed by atoms with van der Waals surface area (Å²) in [5, 5.41) is 0. The lowest BCUT2D eigenvalue weighted by Gasteiger charge is -2.01. The summed E-state index contributed by atoms with van der Waals surface area (Å²) >= 11 is 1.85. The van der Waals surface area contributed by atoms with Crippen LogP contribution >= 0.6 is 11.8 Å². The van der Waals surface area contributed by atoms with E-state index in [1.54, 1.807) is 7.11 Å². The Morgan fingerprint density at radius 1 is 1.46 bits per heavy atom. The maximum Gasteiger partial charge on any atom is 0.139 e. The molecule has 0 atom stereocenters. The molecule has 0 fully saturated rings. The van der Waals surface area contributed by atoms with Crippen LogP contribution in [0, 0.1) is 5.75 Å². The van der Waals surface area contributed by atoms with Gasteiger partial charge in [-0.15, -0.1) is 0 Å². The van der Waals surface area contributed by atoms with Gasteiger partial charge < -0.3 is 4.74 Å². The van der Waals surface area contributed by atoms with E-state index in [4.69, 9.17) is 4.74 Å². The van der Waals surface area contributed by atoms with Crippen molar-refractivity contribution in [1.29, 1.82) is 0 Å². The lowest BCUT2D eigenvalue weighted by Crippen LogP contribution is -1.89. The Balaban J connectivity index is 2.46. The molecule has 1 rings (SSSR count). The third kappa shape index (κ3) is 3.64. The molecule has 1 aromatic rings. The number of rotatable bonds is 5. The first-order valence-corrected chi connectivity index (χ1v) is 5.44. The molecule has 1 aromatic carbocycles. The minimum Gasteiger partial charge on any atom is -0.497 e. The van der Waals surface area contributed by atoms with E-state index in [0.717, 1.165) is 17.9 Å². The second-order valence-corrected chi connectivity index (χ2v) is 3.92. The summed E-state index contributed by atoms with van der Waals surface area (Å²) in [4.78, 5) is 0. The molecule has 0 aliphatic carbocycles. The van der Waals surface area contributed by atoms with Crippen molar-refractivity contribution in [2.24, 2.45) is 0 Å². The number of thioether (sulfide) groups is 1. The van der Waals surface area contributed by atoms with E-state index in [1.807, 2.05) is 23.9 Å². The van der Waals surface area contributed by atoms with Gasteiger partial charge in [-0.05, 0) is 24.1 Å². The molecule has 0 saturated carbocycles. The highest BCUT2D eigenvalue weighted by Gasteiger charge is 1.98. The fourth-order valence-electron chi connectivity index (χ4n) is 1.12. The minimum atomic E-state index is 0.947. The highest BCUT2D eigenvalue weighted by Crippen LogP contribution is 2.15. The molecule has 0 aliphatic heterocycles. The first kappa shape index (κ1) is 10.3. The van der Waals surface area contributed by atoms with Crippen LogP contribution in [0.3, 0.4) is 0 Å². The Labute approximate surface area is 84.5 Å². The predicted octanol–water partition coefficient (Wildman–Crippen LogP) is 3.15. The number of benzene rings is 1. The van der Waals surface area contributed by atoms with E-state index >= 15 is 0 Å². The van der Waals surface area contributed by atoms with Crippen LogP contribution in [-0.2, 0) is 6.42 Å². The van der Waals surface area contributed by atoms with E-state index in [-0.39, 0.29) is 0 Å². The largest absolute Gasteiger partial charge is 0.497 e. The van der Waals surface area contributed by atoms with Gasteiger partial charge in [0.1, 0.15) is 11.5 Å². The second-order valence-electron chi connectivity index (χ2n) is 2.71. The quantitative estimate of drug-likeness (QED) is 0.527. The summed E-state index contributed by atoms with van der Waals surface area (Å²) in [6, 6.07) is 8.24. The molecule has 13 heavy (non-hydrogen) atoms. The average molecular weight is 195 g/mol. The van der Waals surface area contributed by atoms with Gasteiger partial charge in [-0.25, -0.2) is 0 Å². The van der Waals surface area contributed by atoms with Crippen LogP contribution in [0.1, 0.15) is 12.5 Å². The Kier molecular flexibility index (Phi) is 4.61. The fourth-order valence-corrected chi connectivity index (χ4v) is 1.71. The average Bonchev–Trinajstić information content (AvgIpc) is 2.19. The number of ether oxygens (including phenoxy) is 1. The van der Waals surface area contributed by atoms with Gasteiger partial charge in [-0.1, -0.05) is 12.1 Å². The molecule has 0 radical (unpaired) electrons. The summed E-state index contributed by atoms with van der Waals surface area (Å²) in [5.74, 6) is 4.21. The van der Waals surface area contributed by atoms with Crippen LogP contribution in [-0.4, -0.2) is 12.9 Å². The van der Waals surface area contributed by atoms with Crippen molar-refractivity contribution in [3.05, 3.63) is 35.6 Å². The molecule has 2 heteroatoms. The third-order valence-corrected chi connectivity index (χ3v) is 2.58. The molecule has 0 aliphatic rings. The molecular weight excluding hydrogens is 180 g/mol. The molecule has 0 spiro atoms. The van der Waals surface area contributed by atoms with Crippen molar-refractivity contribution in [2.45, 2.75) is 13.3 Å². The van der Waals surface area contributed by atoms with E-state index in [1.165, 1.54) is 5.56 Å². The first-order chi connectivity index (χ1) is 6.36. The first-order valence-electron chi connectivity index (χ1n) is 4.39. The highest BCUT2D eigenvalue weighted by atomic mass is 32.2. The van der Waals surface area contributed by atoms with Crippen LogP contribution in [0.5, 0.6) is 5.75 Å². The summed E-state index contributed by atoms with van der Waals surface area (Å²) in [7, 11) is 1.70. The van der Waals surface area contributed by atoms with Crippen LogP contribution in [0.2, 0.25) is 0 Å². The monoisotopic (exact) mass is 195 g/mol. The number of hydrogen-bond donors (Lipinski definition) is 0. The molecular formula is C11H15OS+. The molecule has 0 heterocycles. The fraction of sp³-hybridized carbons (Fsp3) is 0.364. The van der Waals surface area contributed by atoms with E-state index in [2.05, 4.69) is 24.8 Å². The maximum absolute atomic E-state index is 5.15. The van der Waals surface area contributed by atoms with Gasteiger partial charge in [0.05, 0.1) is 25.8 Å². The summed E-state index contributed by atoms with van der Waals surface area (Å²) < 4.78 is 5.15. The Morgan fingerprint density at radius 3 is 3.00 bits per heavy atom. The van der Waals surface area contributed by atoms with Crippen LogP contribution in [0.15, 0.2) is 24.3 Å². The van der Waals surface area contributed by atoms with Crippen molar-refractivity contribution < 1.29 is 4.74 Å². The van der Waals surface area contributed by atoms with Crippen LogP contribution in [0.4, 0.5) is 0 Å². The predicted molar refractivity (Wildman–Crippen MR) is 59.1 cm³/mol. The zero-order valence-electron chi connectivity index (χ0n) is 8.12. The van der Waals surface area contributed by atoms with Crippen molar-refractivity contribution in [3.8, 4) is 5.75 Å². The van der Waals surface area contributed by atoms with Crippen LogP contribution in [0.25, 0.3) is 0 Å². The Bertz CT molecular complexity index is 248. The molecule has 70 valence electrons. The SMILES string of the molecule is C[CH+]SCCc1cccc(OC)c1. The summed E-state index contributed by atoms with van der Waals surface area (Å²) in [5.41, 5.74) is 1.34. The van der Waals surface area contributed by atoms with Gasteiger partial charge in [0, 0.05) is 5.75 Å². The smallest absolute Gasteiger partial charge is 0.139 e. The lowest BCUT2D eigenvalue weighted by molar-refractivity contribution is 0.414. The number of hydrogen-bond acceptors (Lipinski definition) is 2. The number of aryl methyl sites for hydroxylation is 1. The zero-order chi connectivity index (χ0) is 9.52. The minimum absolute atomic E-state index is 0.947. The van der Waals surface area contributed by atoms with E-state index in [0.29, 0.717) is 0 Å². The molecule has 0 amide bonds. The van der Waals surface area contributed by atoms with Gasteiger partial charge in [-0.3, -0.25) is 0 Å². The van der Waals surface area contributed by atoms with Gasteiger partial charge in [0.25, 0.3) is 0 Å². The van der Waals surface area contributed by atoms with Gasteiger partial charge in [-0.2, -0.15) is 0 Å². The van der Waals surface area contributed by atoms with Crippen LogP contribution < -0.4 is 4.74 Å². The van der Waals surface area contributed by atoms with Gasteiger partial charge in [0.2, 0.25) is 0 Å². The standard InChI is InChI=1S/C11H15OS/c1-3-13-8-7-10-5-4-6-11(9-10)12-2/h3-6,9H,7-8H2,1-2H3/q+1. The molecule has 0 unspecified atom stereocenters.